The molecule has 0 saturated carbocycles. The van der Waals surface area contributed by atoms with Crippen LogP contribution in [-0.2, 0) is 31.7 Å². The lowest BCUT2D eigenvalue weighted by molar-refractivity contribution is -0.193. The van der Waals surface area contributed by atoms with E-state index in [1.807, 2.05) is 6.20 Å². The largest absolute Gasteiger partial charge is 0.490 e. The first-order chi connectivity index (χ1) is 16.3. The molecule has 3 rings (SSSR count). The molecule has 2 N–H and O–H groups in total. The number of nitrogens with zero attached hydrogens (tertiary/aromatic N) is 4. The quantitative estimate of drug-likeness (QED) is 0.545. The molecule has 2 aliphatic rings. The lowest BCUT2D eigenvalue weighted by Crippen LogP contribution is -2.58. The van der Waals surface area contributed by atoms with Gasteiger partial charge in [-0.25, -0.2) is 27.3 Å². The second kappa shape index (κ2) is 11.8. The topological polar surface area (TPSA) is 133 Å². The monoisotopic (exact) mass is 554 g/mol. The Morgan fingerprint density at radius 2 is 1.42 bits per heavy atom. The van der Waals surface area contributed by atoms with Crippen molar-refractivity contribution in [3.63, 3.8) is 0 Å². The SMILES string of the molecule is CCN1CCn2c(C)cnc2C12CCN(S(=O)(=O)CC)CC2.O=C(O)C(F)(F)F.O=C(O)C(F)(F)F. The number of rotatable bonds is 3. The van der Waals surface area contributed by atoms with Crippen molar-refractivity contribution in [3.05, 3.63) is 17.7 Å². The maximum atomic E-state index is 12.1. The van der Waals surface area contributed by atoms with Gasteiger partial charge in [0.25, 0.3) is 0 Å². The molecule has 1 aromatic rings. The standard InChI is InChI=1S/C15H26N4O2S.2C2HF3O2/c1-4-17-10-11-19-13(3)12-16-14(19)15(17)6-8-18(9-7-15)22(20,21)5-2;2*3-2(4,5)1(6)7/h12H,4-11H2,1-3H3;2*(H,6,7). The minimum Gasteiger partial charge on any atom is -0.475 e. The Kier molecular flexibility index (Phi) is 10.3. The Labute approximate surface area is 203 Å². The number of halogens is 6. The van der Waals surface area contributed by atoms with E-state index in [0.717, 1.165) is 38.3 Å². The molecule has 208 valence electrons. The minimum atomic E-state index is -5.08. The van der Waals surface area contributed by atoms with Gasteiger partial charge < -0.3 is 14.8 Å². The zero-order chi connectivity index (χ0) is 28.1. The molecule has 36 heavy (non-hydrogen) atoms. The number of imidazole rings is 1. The van der Waals surface area contributed by atoms with Crippen LogP contribution in [0.3, 0.4) is 0 Å². The number of sulfonamides is 1. The van der Waals surface area contributed by atoms with Crippen molar-refractivity contribution in [1.82, 2.24) is 18.8 Å². The van der Waals surface area contributed by atoms with Crippen LogP contribution in [0.2, 0.25) is 0 Å². The summed E-state index contributed by atoms with van der Waals surface area (Å²) in [6, 6.07) is 0. The highest BCUT2D eigenvalue weighted by Crippen LogP contribution is 2.41. The molecule has 3 heterocycles. The van der Waals surface area contributed by atoms with Crippen molar-refractivity contribution in [2.45, 2.75) is 58.0 Å². The third-order valence-electron chi connectivity index (χ3n) is 5.84. The average molecular weight is 555 g/mol. The Bertz CT molecular complexity index is 993. The Morgan fingerprint density at radius 3 is 1.78 bits per heavy atom. The maximum Gasteiger partial charge on any atom is 0.490 e. The summed E-state index contributed by atoms with van der Waals surface area (Å²) >= 11 is 0. The molecule has 0 unspecified atom stereocenters. The molecule has 17 heteroatoms. The molecule has 0 atom stereocenters. The molecule has 0 bridgehead atoms. The average Bonchev–Trinajstić information content (AvgIpc) is 3.16. The van der Waals surface area contributed by atoms with E-state index in [1.165, 1.54) is 5.69 Å². The number of piperidine rings is 1. The predicted octanol–water partition coefficient (Wildman–Crippen LogP) is 2.43. The normalized spacial score (nSPS) is 18.4. The van der Waals surface area contributed by atoms with Crippen LogP contribution in [0.5, 0.6) is 0 Å². The summed E-state index contributed by atoms with van der Waals surface area (Å²) in [5.41, 5.74) is 1.11. The third-order valence-corrected chi connectivity index (χ3v) is 7.73. The van der Waals surface area contributed by atoms with Crippen molar-refractivity contribution in [2.24, 2.45) is 0 Å². The van der Waals surface area contributed by atoms with Crippen LogP contribution in [0, 0.1) is 6.92 Å². The molecule has 1 saturated heterocycles. The number of fused-ring (bicyclic) bond motifs is 2. The number of hydrogen-bond donors (Lipinski definition) is 2. The van der Waals surface area contributed by atoms with Crippen LogP contribution in [0.15, 0.2) is 6.20 Å². The van der Waals surface area contributed by atoms with Gasteiger partial charge in [-0.1, -0.05) is 6.92 Å². The highest BCUT2D eigenvalue weighted by atomic mass is 32.2. The first kappa shape index (κ1) is 31.6. The van der Waals surface area contributed by atoms with E-state index < -0.39 is 34.3 Å². The molecule has 1 fully saturated rings. The number of alkyl halides is 6. The molecule has 1 spiro atoms. The number of aromatic nitrogens is 2. The van der Waals surface area contributed by atoms with E-state index in [1.54, 1.807) is 11.2 Å². The van der Waals surface area contributed by atoms with Gasteiger partial charge in [0.05, 0.1) is 11.3 Å². The minimum absolute atomic E-state index is 0.0962. The van der Waals surface area contributed by atoms with Crippen LogP contribution in [0.1, 0.15) is 38.2 Å². The van der Waals surface area contributed by atoms with Gasteiger partial charge in [0.1, 0.15) is 5.82 Å². The van der Waals surface area contributed by atoms with Gasteiger partial charge in [-0.15, -0.1) is 0 Å². The lowest BCUT2D eigenvalue weighted by atomic mass is 9.84. The van der Waals surface area contributed by atoms with E-state index in [0.29, 0.717) is 13.1 Å². The van der Waals surface area contributed by atoms with Gasteiger partial charge in [-0.3, -0.25) is 4.90 Å². The van der Waals surface area contributed by atoms with Crippen LogP contribution in [-0.4, -0.2) is 93.6 Å². The van der Waals surface area contributed by atoms with Gasteiger partial charge in [0.2, 0.25) is 10.0 Å². The predicted molar refractivity (Wildman–Crippen MR) is 114 cm³/mol. The van der Waals surface area contributed by atoms with Gasteiger partial charge in [-0.05, 0) is 33.2 Å². The number of aliphatic carboxylic acids is 2. The number of carbonyl (C=O) groups is 2. The fraction of sp³-hybridized carbons (Fsp3) is 0.737. The summed E-state index contributed by atoms with van der Waals surface area (Å²) in [6.45, 7) is 10.2. The lowest BCUT2D eigenvalue weighted by Gasteiger charge is -2.50. The first-order valence-corrected chi connectivity index (χ1v) is 12.3. The molecular formula is C19H28F6N4O6S. The molecular weight excluding hydrogens is 526 g/mol. The first-order valence-electron chi connectivity index (χ1n) is 10.7. The number of carboxylic acid groups (broad SMARTS) is 2. The summed E-state index contributed by atoms with van der Waals surface area (Å²) < 4.78 is 91.7. The van der Waals surface area contributed by atoms with Gasteiger partial charge in [0, 0.05) is 38.1 Å². The van der Waals surface area contributed by atoms with Crippen LogP contribution >= 0.6 is 0 Å². The van der Waals surface area contributed by atoms with E-state index in [4.69, 9.17) is 24.8 Å². The summed E-state index contributed by atoms with van der Waals surface area (Å²) in [4.78, 5) is 25.0. The van der Waals surface area contributed by atoms with Crippen molar-refractivity contribution >= 4 is 22.0 Å². The van der Waals surface area contributed by atoms with Crippen LogP contribution in [0.25, 0.3) is 0 Å². The van der Waals surface area contributed by atoms with Crippen molar-refractivity contribution in [1.29, 1.82) is 0 Å². The number of aryl methyl sites for hydroxylation is 1. The van der Waals surface area contributed by atoms with Gasteiger partial charge >= 0.3 is 24.3 Å². The number of carboxylic acids is 2. The summed E-state index contributed by atoms with van der Waals surface area (Å²) in [5, 5.41) is 14.2. The molecule has 1 aromatic heterocycles. The third kappa shape index (κ3) is 7.55. The highest BCUT2D eigenvalue weighted by Gasteiger charge is 2.47. The highest BCUT2D eigenvalue weighted by molar-refractivity contribution is 7.89. The fourth-order valence-electron chi connectivity index (χ4n) is 4.01. The molecule has 10 nitrogen and oxygen atoms in total. The van der Waals surface area contributed by atoms with Crippen molar-refractivity contribution in [3.8, 4) is 0 Å². The van der Waals surface area contributed by atoms with E-state index >= 15 is 0 Å². The van der Waals surface area contributed by atoms with E-state index in [9.17, 15) is 34.8 Å². The van der Waals surface area contributed by atoms with E-state index in [-0.39, 0.29) is 11.3 Å². The van der Waals surface area contributed by atoms with Crippen LogP contribution in [0.4, 0.5) is 26.3 Å². The maximum absolute atomic E-state index is 12.1. The van der Waals surface area contributed by atoms with Crippen molar-refractivity contribution in [2.75, 3.05) is 31.9 Å². The zero-order valence-electron chi connectivity index (χ0n) is 19.7. The zero-order valence-corrected chi connectivity index (χ0v) is 20.5. The van der Waals surface area contributed by atoms with Gasteiger partial charge in [0.15, 0.2) is 0 Å². The molecule has 0 amide bonds. The second-order valence-corrected chi connectivity index (χ2v) is 10.1. The van der Waals surface area contributed by atoms with Gasteiger partial charge in [-0.2, -0.15) is 26.3 Å². The van der Waals surface area contributed by atoms with E-state index in [2.05, 4.69) is 23.3 Å². The molecule has 2 aliphatic heterocycles. The summed E-state index contributed by atoms with van der Waals surface area (Å²) in [7, 11) is -3.09. The van der Waals surface area contributed by atoms with Crippen LogP contribution < -0.4 is 0 Å². The summed E-state index contributed by atoms with van der Waals surface area (Å²) in [6.07, 6.45) is -6.56. The number of hydrogen-bond acceptors (Lipinski definition) is 6. The molecule has 0 aromatic carbocycles. The summed E-state index contributed by atoms with van der Waals surface area (Å²) in [5.74, 6) is -4.20. The van der Waals surface area contributed by atoms with Crippen molar-refractivity contribution < 1.29 is 54.6 Å². The molecule has 0 radical (unpaired) electrons. The Hall–Kier alpha value is -2.40. The fourth-order valence-corrected chi connectivity index (χ4v) is 5.11. The second-order valence-electron chi connectivity index (χ2n) is 7.89. The molecule has 0 aliphatic carbocycles. The smallest absolute Gasteiger partial charge is 0.475 e. The number of likely N-dealkylation sites (N-methyl/N-ethyl adjacent to an activating group) is 1. The Morgan fingerprint density at radius 1 is 0.972 bits per heavy atom. The Balaban J connectivity index is 0.000000383.